The monoisotopic (exact) mass is 853 g/mol. The number of carbonyl (C=O) groups excluding carboxylic acids is 4. The molecular weight excluding hydrogens is 781 g/mol. The summed E-state index contributed by atoms with van der Waals surface area (Å²) in [7, 11) is 0. The van der Waals surface area contributed by atoms with E-state index in [2.05, 4.69) is 29.6 Å². The highest BCUT2D eigenvalue weighted by molar-refractivity contribution is 5.90. The predicted octanol–water partition coefficient (Wildman–Crippen LogP) is 10.1. The lowest BCUT2D eigenvalue weighted by atomic mass is 10.0. The maximum absolute atomic E-state index is 12.0. The largest absolute Gasteiger partial charge is 0.445 e. The average Bonchev–Trinajstić information content (AvgIpc) is 3.26. The van der Waals surface area contributed by atoms with Gasteiger partial charge in [0.2, 0.25) is 0 Å². The molecule has 3 rings (SSSR count). The number of esters is 3. The highest BCUT2D eigenvalue weighted by Gasteiger charge is 2.20. The van der Waals surface area contributed by atoms with Crippen molar-refractivity contribution in [1.82, 2.24) is 0 Å². The van der Waals surface area contributed by atoms with Crippen LogP contribution in [-0.4, -0.2) is 64.9 Å². The summed E-state index contributed by atoms with van der Waals surface area (Å²) in [6.45, 7) is 26.8. The van der Waals surface area contributed by atoms with E-state index in [1.807, 2.05) is 115 Å². The first kappa shape index (κ1) is 58.4. The number of ether oxygens (including phenoxy) is 3. The molecule has 0 aliphatic heterocycles. The lowest BCUT2D eigenvalue weighted by Crippen LogP contribution is -2.23. The molecule has 0 radical (unpaired) electrons. The summed E-state index contributed by atoms with van der Waals surface area (Å²) in [5.74, 6) is 13.1. The van der Waals surface area contributed by atoms with Crippen molar-refractivity contribution in [3.8, 4) is 36.0 Å². The molecule has 0 aromatic heterocycles. The topological polar surface area (TPSA) is 136 Å². The number of hydrogen-bond acceptors (Lipinski definition) is 9. The fourth-order valence-corrected chi connectivity index (χ4v) is 3.97. The van der Waals surface area contributed by atoms with E-state index in [0.29, 0.717) is 16.7 Å². The Bertz CT molecular complexity index is 1740. The van der Waals surface area contributed by atoms with Crippen molar-refractivity contribution in [2.45, 2.75) is 127 Å². The van der Waals surface area contributed by atoms with Crippen LogP contribution in [0.15, 0.2) is 91.0 Å². The molecule has 0 spiro atoms. The van der Waals surface area contributed by atoms with Crippen LogP contribution in [0.1, 0.15) is 128 Å². The van der Waals surface area contributed by atoms with Crippen LogP contribution in [0.4, 0.5) is 0 Å². The number of benzene rings is 3. The standard InChI is InChI=1S/2C17H22O3.C13H14O2.C4H8O.C2H6/c2*1-12(2)15(18)10-11-16(13(3)4)20-17(19)14-8-6-5-7-9-14;1-4-12(10(2)3)15-13(14)11-8-6-5-7-9-11;1-4(2)3-5;1-2/h2*5-9,12-13,15-16,18H,1-4H3;1,5-10,12H,2-3H3;3-4H,1-2H3;1-2H3/t15-,16+;15-,16-;12-;;/m100../s1. The Morgan fingerprint density at radius 3 is 0.903 bits per heavy atom. The molecule has 0 bridgehead atoms. The molecule has 3 aromatic carbocycles. The van der Waals surface area contributed by atoms with Crippen molar-refractivity contribution in [3.05, 3.63) is 108 Å². The molecule has 338 valence electrons. The number of terminal acetylenes is 1. The Hall–Kier alpha value is -5.66. The molecule has 2 N–H and O–H groups in total. The molecule has 0 heterocycles. The lowest BCUT2D eigenvalue weighted by molar-refractivity contribution is -0.110. The normalized spacial score (nSPS) is 12.4. The van der Waals surface area contributed by atoms with Gasteiger partial charge in [-0.1, -0.05) is 181 Å². The van der Waals surface area contributed by atoms with E-state index in [1.165, 1.54) is 0 Å². The molecule has 9 heteroatoms. The summed E-state index contributed by atoms with van der Waals surface area (Å²) in [5, 5.41) is 19.4. The van der Waals surface area contributed by atoms with Gasteiger partial charge in [0.05, 0.1) is 16.7 Å². The SMILES string of the molecule is C#C[C@H](OC(=O)c1ccccc1)C(C)C.CC.CC(C)C=O.CC(C)[C@H](C#C[C@H](O)C(C)C)OC(=O)c1ccccc1.CC(C)[C@H](O)C#C[C@H](OC(=O)c1ccccc1)C(C)C. The molecule has 0 fully saturated rings. The second-order valence-corrected chi connectivity index (χ2v) is 15.8. The van der Waals surface area contributed by atoms with Gasteiger partial charge in [0.1, 0.15) is 18.5 Å². The minimum Gasteiger partial charge on any atom is -0.445 e. The van der Waals surface area contributed by atoms with Crippen LogP contribution in [0, 0.1) is 71.5 Å². The second-order valence-electron chi connectivity index (χ2n) is 15.8. The molecule has 9 nitrogen and oxygen atoms in total. The van der Waals surface area contributed by atoms with Gasteiger partial charge in [0.25, 0.3) is 0 Å². The summed E-state index contributed by atoms with van der Waals surface area (Å²) in [6, 6.07) is 26.5. The smallest absolute Gasteiger partial charge is 0.339 e. The molecule has 5 atom stereocenters. The number of carbonyl (C=O) groups is 4. The van der Waals surface area contributed by atoms with Gasteiger partial charge >= 0.3 is 17.9 Å². The third kappa shape index (κ3) is 26.5. The summed E-state index contributed by atoms with van der Waals surface area (Å²) >= 11 is 0. The Balaban J connectivity index is 0. The maximum atomic E-state index is 12.0. The van der Waals surface area contributed by atoms with Crippen LogP contribution >= 0.6 is 0 Å². The number of hydrogen-bond donors (Lipinski definition) is 2. The Morgan fingerprint density at radius 2 is 0.710 bits per heavy atom. The first-order chi connectivity index (χ1) is 29.2. The Morgan fingerprint density at radius 1 is 0.468 bits per heavy atom. The highest BCUT2D eigenvalue weighted by Crippen LogP contribution is 2.13. The third-order valence-electron chi connectivity index (χ3n) is 7.99. The molecule has 0 saturated heterocycles. The van der Waals surface area contributed by atoms with E-state index in [0.717, 1.165) is 6.29 Å². The molecule has 0 amide bonds. The fraction of sp³-hybridized carbons (Fsp3) is 0.472. The van der Waals surface area contributed by atoms with E-state index in [-0.39, 0.29) is 41.5 Å². The third-order valence-corrected chi connectivity index (χ3v) is 7.99. The van der Waals surface area contributed by atoms with E-state index in [9.17, 15) is 29.4 Å². The zero-order valence-corrected chi connectivity index (χ0v) is 39.4. The van der Waals surface area contributed by atoms with E-state index >= 15 is 0 Å². The first-order valence-corrected chi connectivity index (χ1v) is 21.3. The number of rotatable bonds is 12. The summed E-state index contributed by atoms with van der Waals surface area (Å²) < 4.78 is 16.0. The molecule has 0 aliphatic rings. The first-order valence-electron chi connectivity index (χ1n) is 21.3. The second kappa shape index (κ2) is 34.0. The maximum Gasteiger partial charge on any atom is 0.339 e. The van der Waals surface area contributed by atoms with E-state index in [4.69, 9.17) is 20.6 Å². The zero-order valence-electron chi connectivity index (χ0n) is 39.4. The van der Waals surface area contributed by atoms with Gasteiger partial charge in [0, 0.05) is 23.7 Å². The number of aldehydes is 1. The minimum absolute atomic E-state index is 0.0557. The van der Waals surface area contributed by atoms with Gasteiger partial charge in [-0.3, -0.25) is 0 Å². The number of aliphatic hydroxyl groups excluding tert-OH is 2. The molecule has 0 saturated carbocycles. The quantitative estimate of drug-likeness (QED) is 0.0790. The zero-order chi connectivity index (χ0) is 47.8. The molecule has 0 aliphatic carbocycles. The predicted molar refractivity (Wildman–Crippen MR) is 250 cm³/mol. The van der Waals surface area contributed by atoms with Crippen molar-refractivity contribution in [2.75, 3.05) is 0 Å². The summed E-state index contributed by atoms with van der Waals surface area (Å²) in [5.41, 5.74) is 1.53. The molecule has 62 heavy (non-hydrogen) atoms. The van der Waals surface area contributed by atoms with Crippen molar-refractivity contribution < 1.29 is 43.6 Å². The summed E-state index contributed by atoms with van der Waals surface area (Å²) in [6.07, 6.45) is 3.29. The lowest BCUT2D eigenvalue weighted by Gasteiger charge is -2.16. The molecule has 3 aromatic rings. The van der Waals surface area contributed by atoms with Crippen LogP contribution in [0.5, 0.6) is 0 Å². The average molecular weight is 853 g/mol. The van der Waals surface area contributed by atoms with Gasteiger partial charge in [-0.2, -0.15) is 0 Å². The number of aliphatic hydroxyl groups is 2. The molecule has 0 unspecified atom stereocenters. The van der Waals surface area contributed by atoms with Crippen molar-refractivity contribution >= 4 is 24.2 Å². The van der Waals surface area contributed by atoms with Gasteiger partial charge < -0.3 is 29.2 Å². The Kier molecular flexibility index (Phi) is 32.0. The Labute approximate surface area is 373 Å². The van der Waals surface area contributed by atoms with Gasteiger partial charge in [0.15, 0.2) is 18.3 Å². The van der Waals surface area contributed by atoms with Crippen molar-refractivity contribution in [2.24, 2.45) is 35.5 Å². The fourth-order valence-electron chi connectivity index (χ4n) is 3.97. The van der Waals surface area contributed by atoms with Crippen LogP contribution in [-0.2, 0) is 19.0 Å². The van der Waals surface area contributed by atoms with Gasteiger partial charge in [-0.05, 0) is 48.2 Å². The van der Waals surface area contributed by atoms with Crippen LogP contribution in [0.3, 0.4) is 0 Å². The van der Waals surface area contributed by atoms with E-state index in [1.54, 1.807) is 72.8 Å². The van der Waals surface area contributed by atoms with Crippen LogP contribution in [0.2, 0.25) is 0 Å². The van der Waals surface area contributed by atoms with Gasteiger partial charge in [-0.25, -0.2) is 14.4 Å². The minimum atomic E-state index is -0.702. The molecular formula is C53H72O9. The van der Waals surface area contributed by atoms with Crippen LogP contribution in [0.25, 0.3) is 0 Å². The van der Waals surface area contributed by atoms with Gasteiger partial charge in [-0.15, -0.1) is 6.42 Å². The van der Waals surface area contributed by atoms with Crippen molar-refractivity contribution in [1.29, 1.82) is 0 Å². The van der Waals surface area contributed by atoms with E-state index < -0.39 is 42.5 Å². The van der Waals surface area contributed by atoms with Crippen LogP contribution < -0.4 is 0 Å². The highest BCUT2D eigenvalue weighted by atomic mass is 16.6. The summed E-state index contributed by atoms with van der Waals surface area (Å²) in [4.78, 5) is 45.1. The van der Waals surface area contributed by atoms with Crippen molar-refractivity contribution in [3.63, 3.8) is 0 Å².